The van der Waals surface area contributed by atoms with E-state index in [1.54, 1.807) is 6.92 Å². The second-order valence-corrected chi connectivity index (χ2v) is 3.26. The van der Waals surface area contributed by atoms with E-state index in [1.165, 1.54) is 0 Å². The van der Waals surface area contributed by atoms with E-state index in [1.807, 2.05) is 0 Å². The molecule has 0 fully saturated rings. The van der Waals surface area contributed by atoms with E-state index < -0.39 is 23.5 Å². The Balaban J connectivity index is 0. The normalized spacial score (nSPS) is 8.44. The van der Waals surface area contributed by atoms with Gasteiger partial charge in [0.05, 0.1) is 17.3 Å². The Morgan fingerprint density at radius 3 is 1.69 bits per heavy atom. The van der Waals surface area contributed by atoms with Crippen molar-refractivity contribution in [1.29, 1.82) is 0 Å². The Kier molecular flexibility index (Phi) is 11.8. The third-order valence-corrected chi connectivity index (χ3v) is 2.00. The van der Waals surface area contributed by atoms with Gasteiger partial charge in [-0.05, 0) is 6.92 Å². The molecule has 0 aromatic carbocycles. The lowest BCUT2D eigenvalue weighted by molar-refractivity contribution is -0.152. The molecule has 0 aromatic rings. The molecule has 0 aromatic heterocycles. The van der Waals surface area contributed by atoms with Gasteiger partial charge in [-0.3, -0.25) is 9.59 Å². The molecule has 1 N–H and O–H groups in total. The van der Waals surface area contributed by atoms with Gasteiger partial charge in [0, 0.05) is 0 Å². The summed E-state index contributed by atoms with van der Waals surface area (Å²) in [6.07, 6.45) is 0. The molecule has 0 aliphatic heterocycles. The molecular weight excluding hydrogens is 352 g/mol. The molecule has 0 spiro atoms. The minimum absolute atomic E-state index is 0.0336. The van der Waals surface area contributed by atoms with Gasteiger partial charge in [0.25, 0.3) is 0 Å². The first kappa shape index (κ1) is 17.6. The summed E-state index contributed by atoms with van der Waals surface area (Å²) in [6, 6.07) is 0. The maximum absolute atomic E-state index is 10.4. The quantitative estimate of drug-likeness (QED) is 0.436. The highest BCUT2D eigenvalue weighted by Crippen LogP contribution is 1.86. The summed E-state index contributed by atoms with van der Waals surface area (Å²) in [5.74, 6) is -3.52. The molecule has 92 valence electrons. The Bertz CT molecular complexity index is 276. The maximum atomic E-state index is 10.4. The molecule has 0 saturated heterocycles. The van der Waals surface area contributed by atoms with Crippen molar-refractivity contribution in [2.75, 3.05) is 17.3 Å². The van der Waals surface area contributed by atoms with Crippen molar-refractivity contribution >= 4 is 55.4 Å². The molecule has 0 unspecified atom stereocenters. The maximum Gasteiger partial charge on any atom is 0.375 e. The molecule has 0 bridgehead atoms. The summed E-state index contributed by atoms with van der Waals surface area (Å²) >= 11 is 5.52. The molecule has 0 heterocycles. The van der Waals surface area contributed by atoms with E-state index in [4.69, 9.17) is 5.11 Å². The number of hydrogen-bond acceptors (Lipinski definition) is 5. The molecule has 0 aliphatic carbocycles. The number of ether oxygens (including phenoxy) is 1. The van der Waals surface area contributed by atoms with Gasteiger partial charge >= 0.3 is 11.9 Å². The standard InChI is InChI=1S/C5H7BrO3.C3H3BrO3/c1-2-9-5(8)4(7)3-6;4-1-2(5)3(6)7/h2-3H2,1H3;1H2,(H,6,7). The lowest BCUT2D eigenvalue weighted by atomic mass is 10.5. The predicted molar refractivity (Wildman–Crippen MR) is 61.9 cm³/mol. The van der Waals surface area contributed by atoms with Crippen LogP contribution in [-0.2, 0) is 23.9 Å². The van der Waals surface area contributed by atoms with E-state index in [0.717, 1.165) is 0 Å². The van der Waals surface area contributed by atoms with Gasteiger partial charge in [-0.1, -0.05) is 31.9 Å². The van der Waals surface area contributed by atoms with Gasteiger partial charge in [-0.15, -0.1) is 0 Å². The molecule has 0 saturated carbocycles. The molecule has 0 amide bonds. The summed E-state index contributed by atoms with van der Waals surface area (Å²) in [5, 5.41) is 7.73. The van der Waals surface area contributed by atoms with Gasteiger partial charge in [0.15, 0.2) is 0 Å². The number of Topliss-reactive ketones (excluding diaryl/α,β-unsaturated/α-hetero) is 2. The summed E-state index contributed by atoms with van der Waals surface area (Å²) < 4.78 is 4.38. The number of halogens is 2. The lowest BCUT2D eigenvalue weighted by Crippen LogP contribution is -2.17. The van der Waals surface area contributed by atoms with Crippen LogP contribution in [0.25, 0.3) is 0 Å². The first-order valence-corrected chi connectivity index (χ1v) is 6.22. The molecule has 8 heteroatoms. The topological polar surface area (TPSA) is 97.7 Å². The van der Waals surface area contributed by atoms with Gasteiger partial charge in [0.2, 0.25) is 11.6 Å². The van der Waals surface area contributed by atoms with Gasteiger partial charge in [0.1, 0.15) is 0 Å². The third-order valence-electron chi connectivity index (χ3n) is 0.984. The number of rotatable bonds is 5. The van der Waals surface area contributed by atoms with E-state index in [0.29, 0.717) is 0 Å². The molecule has 0 atom stereocenters. The van der Waals surface area contributed by atoms with Crippen LogP contribution in [-0.4, -0.2) is 45.9 Å². The first-order chi connectivity index (χ1) is 7.40. The third kappa shape index (κ3) is 9.78. The van der Waals surface area contributed by atoms with Crippen LogP contribution in [0.4, 0.5) is 0 Å². The number of carbonyl (C=O) groups is 4. The number of carbonyl (C=O) groups excluding carboxylic acids is 3. The average Bonchev–Trinajstić information content (AvgIpc) is 2.27. The zero-order valence-electron chi connectivity index (χ0n) is 8.37. The largest absolute Gasteiger partial charge is 0.475 e. The fraction of sp³-hybridized carbons (Fsp3) is 0.500. The van der Waals surface area contributed by atoms with Crippen LogP contribution < -0.4 is 0 Å². The van der Waals surface area contributed by atoms with Crippen molar-refractivity contribution in [1.82, 2.24) is 0 Å². The molecule has 6 nitrogen and oxygen atoms in total. The van der Waals surface area contributed by atoms with Crippen molar-refractivity contribution in [3.63, 3.8) is 0 Å². The van der Waals surface area contributed by atoms with Gasteiger partial charge < -0.3 is 9.84 Å². The van der Waals surface area contributed by atoms with E-state index in [9.17, 15) is 19.2 Å². The number of alkyl halides is 2. The molecule has 0 rings (SSSR count). The van der Waals surface area contributed by atoms with Crippen LogP contribution in [0.2, 0.25) is 0 Å². The van der Waals surface area contributed by atoms with Crippen molar-refractivity contribution in [3.8, 4) is 0 Å². The van der Waals surface area contributed by atoms with E-state index in [-0.39, 0.29) is 17.3 Å². The van der Waals surface area contributed by atoms with Gasteiger partial charge in [-0.2, -0.15) is 0 Å². The Morgan fingerprint density at radius 1 is 1.06 bits per heavy atom. The van der Waals surface area contributed by atoms with E-state index >= 15 is 0 Å². The highest BCUT2D eigenvalue weighted by Gasteiger charge is 2.11. The first-order valence-electron chi connectivity index (χ1n) is 3.98. The summed E-state index contributed by atoms with van der Waals surface area (Å²) in [4.78, 5) is 40.2. The summed E-state index contributed by atoms with van der Waals surface area (Å²) in [6.45, 7) is 1.90. The second kappa shape index (κ2) is 10.7. The van der Waals surface area contributed by atoms with Crippen molar-refractivity contribution < 1.29 is 29.0 Å². The number of hydrogen-bond donors (Lipinski definition) is 1. The highest BCUT2D eigenvalue weighted by atomic mass is 79.9. The predicted octanol–water partition coefficient (Wildman–Crippen LogP) is 0.548. The van der Waals surface area contributed by atoms with Crippen molar-refractivity contribution in [2.24, 2.45) is 0 Å². The fourth-order valence-corrected chi connectivity index (χ4v) is 0.792. The van der Waals surface area contributed by atoms with Crippen molar-refractivity contribution in [3.05, 3.63) is 0 Å². The summed E-state index contributed by atoms with van der Waals surface area (Å²) in [5.41, 5.74) is 0. The monoisotopic (exact) mass is 360 g/mol. The Labute approximate surface area is 109 Å². The highest BCUT2D eigenvalue weighted by molar-refractivity contribution is 9.09. The van der Waals surface area contributed by atoms with Crippen LogP contribution in [0.5, 0.6) is 0 Å². The van der Waals surface area contributed by atoms with Crippen molar-refractivity contribution in [2.45, 2.75) is 6.92 Å². The summed E-state index contributed by atoms with van der Waals surface area (Å²) in [7, 11) is 0. The molecular formula is C8H10Br2O6. The SMILES string of the molecule is CCOC(=O)C(=O)CBr.O=C(O)C(=O)CBr. The smallest absolute Gasteiger partial charge is 0.375 e. The fourth-order valence-electron chi connectivity index (χ4n) is 0.323. The number of aliphatic carboxylic acids is 1. The number of carboxylic acid groups (broad SMARTS) is 1. The number of carboxylic acids is 1. The minimum atomic E-state index is -1.39. The minimum Gasteiger partial charge on any atom is -0.475 e. The number of esters is 1. The molecule has 0 aliphatic rings. The van der Waals surface area contributed by atoms with E-state index in [2.05, 4.69) is 36.6 Å². The van der Waals surface area contributed by atoms with Crippen LogP contribution in [0.1, 0.15) is 6.92 Å². The molecule has 0 radical (unpaired) electrons. The van der Waals surface area contributed by atoms with Crippen LogP contribution in [0.3, 0.4) is 0 Å². The average molecular weight is 362 g/mol. The van der Waals surface area contributed by atoms with Crippen LogP contribution in [0, 0.1) is 0 Å². The Hall–Kier alpha value is -0.760. The Morgan fingerprint density at radius 2 is 1.50 bits per heavy atom. The lowest BCUT2D eigenvalue weighted by Gasteiger charge is -1.95. The second-order valence-electron chi connectivity index (χ2n) is 2.14. The zero-order valence-corrected chi connectivity index (χ0v) is 11.5. The zero-order chi connectivity index (χ0) is 13.1. The molecule has 16 heavy (non-hydrogen) atoms. The van der Waals surface area contributed by atoms with Crippen LogP contribution >= 0.6 is 31.9 Å². The number of ketones is 2. The van der Waals surface area contributed by atoms with Gasteiger partial charge in [-0.25, -0.2) is 9.59 Å². The van der Waals surface area contributed by atoms with Crippen LogP contribution in [0.15, 0.2) is 0 Å².